The predicted molar refractivity (Wildman–Crippen MR) is 193 cm³/mol. The Hall–Kier alpha value is -3.58. The van der Waals surface area contributed by atoms with Gasteiger partial charge in [0.05, 0.1) is 22.9 Å². The van der Waals surface area contributed by atoms with Crippen LogP contribution < -0.4 is 4.74 Å². The maximum atomic E-state index is 13.8. The van der Waals surface area contributed by atoms with Crippen molar-refractivity contribution < 1.29 is 75.5 Å². The van der Waals surface area contributed by atoms with Crippen LogP contribution in [0.5, 0.6) is 5.75 Å². The van der Waals surface area contributed by atoms with Gasteiger partial charge in [0.15, 0.2) is 31.4 Å². The molecule has 3 aromatic carbocycles. The van der Waals surface area contributed by atoms with Gasteiger partial charge in [-0.3, -0.25) is 4.79 Å². The lowest BCUT2D eigenvalue weighted by Crippen LogP contribution is -2.60. The summed E-state index contributed by atoms with van der Waals surface area (Å²) in [5, 5.41) is -4.56. The first kappa shape index (κ1) is 46.5. The summed E-state index contributed by atoms with van der Waals surface area (Å²) in [6.45, 7) is 1.14. The van der Waals surface area contributed by atoms with Crippen LogP contribution in [-0.4, -0.2) is 61.4 Å². The molecule has 0 aliphatic heterocycles. The number of halogens is 11. The second-order valence-electron chi connectivity index (χ2n) is 15.5. The van der Waals surface area contributed by atoms with Gasteiger partial charge in [0.1, 0.15) is 5.75 Å². The number of hydrogen-bond donors (Lipinski definition) is 0. The van der Waals surface area contributed by atoms with Crippen LogP contribution >= 0.6 is 0 Å². The molecule has 0 aromatic heterocycles. The van der Waals surface area contributed by atoms with E-state index < -0.39 is 87.7 Å². The van der Waals surface area contributed by atoms with Gasteiger partial charge in [-0.1, -0.05) is 36.4 Å². The molecule has 0 unspecified atom stereocenters. The fourth-order valence-electron chi connectivity index (χ4n) is 8.55. The maximum Gasteiger partial charge on any atom is 0.460 e. The van der Waals surface area contributed by atoms with Gasteiger partial charge >= 0.3 is 35.2 Å². The van der Waals surface area contributed by atoms with E-state index in [-0.39, 0.29) is 5.75 Å². The van der Waals surface area contributed by atoms with Gasteiger partial charge in [0.25, 0.3) is 0 Å². The highest BCUT2D eigenvalue weighted by molar-refractivity contribution is 7.97. The Balaban J connectivity index is 0.000000264. The van der Waals surface area contributed by atoms with Crippen molar-refractivity contribution in [2.75, 3.05) is 13.2 Å². The lowest BCUT2D eigenvalue weighted by molar-refractivity contribution is -0.396. The number of aryl methyl sites for hydroxylation is 2. The highest BCUT2D eigenvalue weighted by Gasteiger charge is 2.81. The zero-order valence-electron chi connectivity index (χ0n) is 31.7. The normalized spacial score (nSPS) is 22.2. The summed E-state index contributed by atoms with van der Waals surface area (Å²) in [6.07, 6.45) is -4.49. The molecule has 59 heavy (non-hydrogen) atoms. The fourth-order valence-corrected chi connectivity index (χ4v) is 11.0. The quantitative estimate of drug-likeness (QED) is 0.0526. The van der Waals surface area contributed by atoms with Gasteiger partial charge in [-0.25, -0.2) is 8.42 Å². The zero-order chi connectivity index (χ0) is 43.8. The Bertz CT molecular complexity index is 1950. The van der Waals surface area contributed by atoms with Crippen molar-refractivity contribution in [3.63, 3.8) is 0 Å². The molecule has 0 atom stereocenters. The van der Waals surface area contributed by atoms with Crippen LogP contribution in [0.3, 0.4) is 0 Å². The van der Waals surface area contributed by atoms with Crippen molar-refractivity contribution >= 4 is 27.0 Å². The maximum absolute atomic E-state index is 13.8. The summed E-state index contributed by atoms with van der Waals surface area (Å²) in [7, 11) is -6.30. The van der Waals surface area contributed by atoms with Gasteiger partial charge in [0.2, 0.25) is 0 Å². The molecular weight excluding hydrogens is 850 g/mol. The van der Waals surface area contributed by atoms with Crippen LogP contribution in [0.4, 0.5) is 48.3 Å². The molecule has 6 nitrogen and oxygen atoms in total. The van der Waals surface area contributed by atoms with Crippen molar-refractivity contribution in [2.45, 2.75) is 109 Å². The highest BCUT2D eigenvalue weighted by Crippen LogP contribution is 2.60. The molecule has 4 aliphatic rings. The molecule has 4 aliphatic carbocycles. The number of rotatable bonds is 14. The van der Waals surface area contributed by atoms with Crippen LogP contribution in [0.2, 0.25) is 0 Å². The molecule has 3 aromatic rings. The smallest absolute Gasteiger partial charge is 0.460 e. The highest BCUT2D eigenvalue weighted by atomic mass is 32.2. The minimum absolute atomic E-state index is 0.286. The summed E-state index contributed by atoms with van der Waals surface area (Å²) in [4.78, 5) is 15.2. The van der Waals surface area contributed by atoms with Gasteiger partial charge < -0.3 is 14.0 Å². The van der Waals surface area contributed by atoms with Crippen LogP contribution in [0.25, 0.3) is 0 Å². The number of hydrogen-bond acceptors (Lipinski definition) is 6. The van der Waals surface area contributed by atoms with E-state index >= 15 is 0 Å². The average Bonchev–Trinajstić information content (AvgIpc) is 3.13. The summed E-state index contributed by atoms with van der Waals surface area (Å²) in [5.41, 5.74) is 0.493. The van der Waals surface area contributed by atoms with Gasteiger partial charge in [-0.15, -0.1) is 0 Å². The third kappa shape index (κ3) is 9.82. The SMILES string of the molecule is Cc1cc([S+](c2ccccc2)c2ccccc2)cc(C)c1OCCCC(F)(F)C(F)(F)C(F)(F)C(F)(F)F.O=C(OCC(F)(F)S(=O)(=O)[O-])C12CC3CC(CC(C3)C1)C2. The number of carbonyl (C=O) groups is 1. The Morgan fingerprint density at radius 3 is 1.58 bits per heavy atom. The first-order chi connectivity index (χ1) is 27.2. The number of carbonyl (C=O) groups excluding carboxylic acids is 1. The molecule has 326 valence electrons. The molecule has 0 spiro atoms. The number of esters is 1. The molecule has 4 fully saturated rings. The van der Waals surface area contributed by atoms with Gasteiger partial charge in [-0.2, -0.15) is 48.3 Å². The molecule has 0 heterocycles. The third-order valence-corrected chi connectivity index (χ3v) is 14.0. The van der Waals surface area contributed by atoms with Gasteiger partial charge in [0, 0.05) is 18.6 Å². The molecule has 4 bridgehead atoms. The first-order valence-corrected chi connectivity index (χ1v) is 21.1. The molecule has 7 rings (SSSR count). The lowest BCUT2D eigenvalue weighted by Gasteiger charge is -2.55. The first-order valence-electron chi connectivity index (χ1n) is 18.5. The minimum atomic E-state index is -6.89. The Kier molecular flexibility index (Phi) is 13.4. The van der Waals surface area contributed by atoms with Crippen molar-refractivity contribution in [1.29, 1.82) is 0 Å². The fraction of sp³-hybridized carbons (Fsp3) is 0.525. The van der Waals surface area contributed by atoms with Crippen molar-refractivity contribution in [3.05, 3.63) is 83.9 Å². The predicted octanol–water partition coefficient (Wildman–Crippen LogP) is 10.9. The summed E-state index contributed by atoms with van der Waals surface area (Å²) < 4.78 is 185. The van der Waals surface area contributed by atoms with Crippen LogP contribution in [0.15, 0.2) is 87.5 Å². The molecule has 19 heteroatoms. The molecule has 0 saturated heterocycles. The number of ether oxygens (including phenoxy) is 2. The lowest BCUT2D eigenvalue weighted by atomic mass is 9.49. The minimum Gasteiger partial charge on any atom is -0.743 e. The second-order valence-corrected chi connectivity index (χ2v) is 19.0. The van der Waals surface area contributed by atoms with E-state index in [2.05, 4.69) is 4.74 Å². The van der Waals surface area contributed by atoms with E-state index in [1.807, 2.05) is 72.8 Å². The Labute approximate surface area is 336 Å². The topological polar surface area (TPSA) is 92.7 Å². The Morgan fingerprint density at radius 2 is 1.17 bits per heavy atom. The summed E-state index contributed by atoms with van der Waals surface area (Å²) >= 11 is 0. The molecular formula is C40H41F11O6S2. The average molecular weight is 891 g/mol. The zero-order valence-corrected chi connectivity index (χ0v) is 33.3. The van der Waals surface area contributed by atoms with Crippen LogP contribution in [-0.2, 0) is 30.5 Å². The largest absolute Gasteiger partial charge is 0.743 e. The third-order valence-electron chi connectivity index (χ3n) is 10.9. The standard InChI is InChI=1S/C27H24F9OS.C13H18F2O5S/c1-18-16-22(38(20-10-5-3-6-11-20)21-12-7-4-8-13-21)17-19(2)23(18)37-15-9-14-24(28,29)25(30,31)26(32,33)27(34,35)36;14-13(15,21(17,18)19)7-20-11(16)12-4-8-1-9(5-12)3-10(2-8)6-12/h3-8,10-13,16-17H,9,14-15H2,1-2H3;8-10H,1-7H2,(H,17,18,19)/q+1;/p-1. The number of alkyl halides is 11. The van der Waals surface area contributed by atoms with Gasteiger partial charge in [-0.05, 0) is 112 Å². The van der Waals surface area contributed by atoms with E-state index in [4.69, 9.17) is 4.74 Å². The second kappa shape index (κ2) is 17.1. The summed E-state index contributed by atoms with van der Waals surface area (Å²) in [5.74, 6) is -18.3. The monoisotopic (exact) mass is 890 g/mol. The van der Waals surface area contributed by atoms with Crippen molar-refractivity contribution in [1.82, 2.24) is 0 Å². The van der Waals surface area contributed by atoms with E-state index in [0.29, 0.717) is 48.1 Å². The summed E-state index contributed by atoms with van der Waals surface area (Å²) in [6, 6.07) is 23.1. The van der Waals surface area contributed by atoms with E-state index in [1.54, 1.807) is 13.8 Å². The van der Waals surface area contributed by atoms with E-state index in [9.17, 15) is 66.1 Å². The van der Waals surface area contributed by atoms with E-state index in [1.165, 1.54) is 0 Å². The van der Waals surface area contributed by atoms with Crippen LogP contribution in [0, 0.1) is 37.0 Å². The van der Waals surface area contributed by atoms with Crippen LogP contribution in [0.1, 0.15) is 62.5 Å². The van der Waals surface area contributed by atoms with Crippen molar-refractivity contribution in [3.8, 4) is 5.75 Å². The van der Waals surface area contributed by atoms with Crippen molar-refractivity contribution in [2.24, 2.45) is 23.2 Å². The molecule has 0 N–H and O–H groups in total. The number of benzene rings is 3. The Morgan fingerprint density at radius 1 is 0.729 bits per heavy atom. The molecule has 0 radical (unpaired) electrons. The molecule has 0 amide bonds. The van der Waals surface area contributed by atoms with E-state index in [0.717, 1.165) is 33.9 Å². The molecule has 4 saturated carbocycles.